The third-order valence-corrected chi connectivity index (χ3v) is 3.32. The van der Waals surface area contributed by atoms with Crippen LogP contribution in [-0.2, 0) is 0 Å². The van der Waals surface area contributed by atoms with Crippen molar-refractivity contribution in [2.45, 2.75) is 26.3 Å². The van der Waals surface area contributed by atoms with E-state index in [4.69, 9.17) is 4.74 Å². The average molecular weight is 288 g/mol. The topological polar surface area (TPSA) is 34.2 Å². The van der Waals surface area contributed by atoms with Crippen molar-refractivity contribution in [2.75, 3.05) is 13.7 Å². The molecule has 112 valence electrons. The summed E-state index contributed by atoms with van der Waals surface area (Å²) in [6.45, 7) is 4.81. The summed E-state index contributed by atoms with van der Waals surface area (Å²) in [6.07, 6.45) is 0.972. The summed E-state index contributed by atoms with van der Waals surface area (Å²) in [5.74, 6) is 0.231. The smallest absolute Gasteiger partial charge is 0.132 e. The van der Waals surface area contributed by atoms with Crippen LogP contribution in [-0.4, -0.2) is 18.6 Å². The van der Waals surface area contributed by atoms with Crippen LogP contribution < -0.4 is 10.1 Å². The molecule has 21 heavy (non-hydrogen) atoms. The first-order valence-corrected chi connectivity index (χ1v) is 7.16. The second-order valence-electron chi connectivity index (χ2n) is 4.98. The highest BCUT2D eigenvalue weighted by molar-refractivity contribution is 5.35. The zero-order valence-corrected chi connectivity index (χ0v) is 12.7. The van der Waals surface area contributed by atoms with Gasteiger partial charge >= 0.3 is 0 Å². The van der Waals surface area contributed by atoms with Gasteiger partial charge in [0.2, 0.25) is 0 Å². The first-order valence-electron chi connectivity index (χ1n) is 7.16. The van der Waals surface area contributed by atoms with E-state index in [-0.39, 0.29) is 11.9 Å². The Morgan fingerprint density at radius 1 is 1.29 bits per heavy atom. The quantitative estimate of drug-likeness (QED) is 0.881. The Hall–Kier alpha value is -1.94. The molecule has 3 nitrogen and oxygen atoms in total. The van der Waals surface area contributed by atoms with Gasteiger partial charge in [-0.15, -0.1) is 0 Å². The van der Waals surface area contributed by atoms with E-state index in [0.29, 0.717) is 11.3 Å². The van der Waals surface area contributed by atoms with E-state index in [1.807, 2.05) is 25.1 Å². The van der Waals surface area contributed by atoms with E-state index in [9.17, 15) is 4.39 Å². The molecule has 1 heterocycles. The van der Waals surface area contributed by atoms with Crippen molar-refractivity contribution in [1.82, 2.24) is 10.3 Å². The molecule has 1 N–H and O–H groups in total. The average Bonchev–Trinajstić information content (AvgIpc) is 2.49. The van der Waals surface area contributed by atoms with Crippen LogP contribution in [0.2, 0.25) is 0 Å². The molecule has 0 saturated carbocycles. The van der Waals surface area contributed by atoms with Crippen LogP contribution in [0.15, 0.2) is 36.4 Å². The first-order chi connectivity index (χ1) is 10.2. The Labute approximate surface area is 125 Å². The standard InChI is InChI=1S/C17H21FN2O/c1-4-10-19-17(16-7-5-6-12(2)20-16)14-9-8-13(21-3)11-15(14)18/h5-9,11,17,19H,4,10H2,1-3H3. The van der Waals surface area contributed by atoms with E-state index < -0.39 is 0 Å². The summed E-state index contributed by atoms with van der Waals surface area (Å²) >= 11 is 0. The molecule has 1 aromatic heterocycles. The maximum atomic E-state index is 14.4. The van der Waals surface area contributed by atoms with Gasteiger partial charge in [-0.25, -0.2) is 4.39 Å². The number of nitrogens with zero attached hydrogens (tertiary/aromatic N) is 1. The summed E-state index contributed by atoms with van der Waals surface area (Å²) in [7, 11) is 1.53. The maximum absolute atomic E-state index is 14.4. The minimum atomic E-state index is -0.286. The van der Waals surface area contributed by atoms with Crippen molar-refractivity contribution >= 4 is 0 Å². The Bertz CT molecular complexity index is 601. The number of nitrogens with one attached hydrogen (secondary N) is 1. The molecule has 0 radical (unpaired) electrons. The Kier molecular flexibility index (Phi) is 5.28. The number of benzene rings is 1. The molecule has 0 aliphatic heterocycles. The molecule has 0 amide bonds. The lowest BCUT2D eigenvalue weighted by molar-refractivity contribution is 0.409. The molecule has 4 heteroatoms. The fraction of sp³-hybridized carbons (Fsp3) is 0.353. The summed E-state index contributed by atoms with van der Waals surface area (Å²) < 4.78 is 19.4. The van der Waals surface area contributed by atoms with Crippen LogP contribution >= 0.6 is 0 Å². The fourth-order valence-corrected chi connectivity index (χ4v) is 2.26. The largest absolute Gasteiger partial charge is 0.497 e. The SMILES string of the molecule is CCCNC(c1cccc(C)n1)c1ccc(OC)cc1F. The molecule has 1 unspecified atom stereocenters. The molecule has 0 fully saturated rings. The van der Waals surface area contributed by atoms with E-state index >= 15 is 0 Å². The number of hydrogen-bond donors (Lipinski definition) is 1. The third-order valence-electron chi connectivity index (χ3n) is 3.32. The Balaban J connectivity index is 2.40. The van der Waals surface area contributed by atoms with E-state index in [1.165, 1.54) is 13.2 Å². The molecule has 2 rings (SSSR count). The Morgan fingerprint density at radius 2 is 2.10 bits per heavy atom. The van der Waals surface area contributed by atoms with Gasteiger partial charge in [-0.05, 0) is 38.1 Å². The number of aromatic nitrogens is 1. The maximum Gasteiger partial charge on any atom is 0.132 e. The van der Waals surface area contributed by atoms with Crippen LogP contribution in [0.25, 0.3) is 0 Å². The van der Waals surface area contributed by atoms with Crippen molar-refractivity contribution in [1.29, 1.82) is 0 Å². The number of aryl methyl sites for hydroxylation is 1. The second kappa shape index (κ2) is 7.18. The van der Waals surface area contributed by atoms with Crippen LogP contribution in [0.3, 0.4) is 0 Å². The number of hydrogen-bond acceptors (Lipinski definition) is 3. The lowest BCUT2D eigenvalue weighted by Gasteiger charge is -2.20. The number of halogens is 1. The number of ether oxygens (including phenoxy) is 1. The van der Waals surface area contributed by atoms with Gasteiger partial charge in [0.25, 0.3) is 0 Å². The molecular formula is C17H21FN2O. The summed E-state index contributed by atoms with van der Waals surface area (Å²) in [4.78, 5) is 4.53. The van der Waals surface area contributed by atoms with Crippen LogP contribution in [0, 0.1) is 12.7 Å². The van der Waals surface area contributed by atoms with Gasteiger partial charge in [0.15, 0.2) is 0 Å². The lowest BCUT2D eigenvalue weighted by atomic mass is 10.0. The van der Waals surface area contributed by atoms with Crippen LogP contribution in [0.4, 0.5) is 4.39 Å². The predicted octanol–water partition coefficient (Wildman–Crippen LogP) is 3.63. The minimum Gasteiger partial charge on any atom is -0.497 e. The van der Waals surface area contributed by atoms with Crippen LogP contribution in [0.1, 0.15) is 36.3 Å². The van der Waals surface area contributed by atoms with Crippen molar-refractivity contribution in [3.63, 3.8) is 0 Å². The highest BCUT2D eigenvalue weighted by atomic mass is 19.1. The third kappa shape index (κ3) is 3.79. The second-order valence-corrected chi connectivity index (χ2v) is 4.98. The van der Waals surface area contributed by atoms with Gasteiger partial charge in [0.05, 0.1) is 18.8 Å². The molecular weight excluding hydrogens is 267 g/mol. The number of methoxy groups -OCH3 is 1. The van der Waals surface area contributed by atoms with Crippen molar-refractivity contribution in [2.24, 2.45) is 0 Å². The molecule has 2 aromatic rings. The molecule has 0 saturated heterocycles. The molecule has 1 atom stereocenters. The monoisotopic (exact) mass is 288 g/mol. The highest BCUT2D eigenvalue weighted by Crippen LogP contribution is 2.26. The van der Waals surface area contributed by atoms with Gasteiger partial charge in [0, 0.05) is 17.3 Å². The molecule has 1 aromatic carbocycles. The summed E-state index contributed by atoms with van der Waals surface area (Å²) in [5, 5.41) is 3.36. The van der Waals surface area contributed by atoms with Crippen LogP contribution in [0.5, 0.6) is 5.75 Å². The number of rotatable bonds is 6. The van der Waals surface area contributed by atoms with Crippen molar-refractivity contribution in [3.05, 3.63) is 59.2 Å². The summed E-state index contributed by atoms with van der Waals surface area (Å²) in [5.41, 5.74) is 2.33. The molecule has 0 bridgehead atoms. The van der Waals surface area contributed by atoms with Gasteiger partial charge < -0.3 is 10.1 Å². The van der Waals surface area contributed by atoms with Gasteiger partial charge in [0.1, 0.15) is 11.6 Å². The predicted molar refractivity (Wildman–Crippen MR) is 82.1 cm³/mol. The zero-order valence-electron chi connectivity index (χ0n) is 12.7. The van der Waals surface area contributed by atoms with E-state index in [2.05, 4.69) is 17.2 Å². The fourth-order valence-electron chi connectivity index (χ4n) is 2.26. The Morgan fingerprint density at radius 3 is 2.71 bits per heavy atom. The first kappa shape index (κ1) is 15.4. The molecule has 0 spiro atoms. The van der Waals surface area contributed by atoms with E-state index in [0.717, 1.165) is 24.4 Å². The molecule has 0 aliphatic carbocycles. The zero-order chi connectivity index (χ0) is 15.2. The number of pyridine rings is 1. The normalized spacial score (nSPS) is 12.2. The molecule has 0 aliphatic rings. The van der Waals surface area contributed by atoms with Gasteiger partial charge in [-0.3, -0.25) is 4.98 Å². The minimum absolute atomic E-state index is 0.254. The van der Waals surface area contributed by atoms with Gasteiger partial charge in [-0.1, -0.05) is 19.1 Å². The van der Waals surface area contributed by atoms with Crippen molar-refractivity contribution < 1.29 is 9.13 Å². The summed E-state index contributed by atoms with van der Waals surface area (Å²) in [6, 6.07) is 10.5. The highest BCUT2D eigenvalue weighted by Gasteiger charge is 2.19. The van der Waals surface area contributed by atoms with Crippen molar-refractivity contribution in [3.8, 4) is 5.75 Å². The lowest BCUT2D eigenvalue weighted by Crippen LogP contribution is -2.25. The van der Waals surface area contributed by atoms with E-state index in [1.54, 1.807) is 12.1 Å². The van der Waals surface area contributed by atoms with Gasteiger partial charge in [-0.2, -0.15) is 0 Å².